The van der Waals surface area contributed by atoms with Gasteiger partial charge >= 0.3 is 6.18 Å². The van der Waals surface area contributed by atoms with Crippen molar-refractivity contribution in [3.63, 3.8) is 0 Å². The van der Waals surface area contributed by atoms with E-state index in [-0.39, 0.29) is 18.1 Å². The second kappa shape index (κ2) is 6.93. The minimum absolute atomic E-state index is 0.116. The molecular formula is C17H17F3N6O. The number of amides is 1. The van der Waals surface area contributed by atoms with Crippen LogP contribution in [0.25, 0.3) is 5.78 Å². The molecule has 0 aliphatic heterocycles. The van der Waals surface area contributed by atoms with Crippen LogP contribution in [-0.2, 0) is 17.4 Å². The summed E-state index contributed by atoms with van der Waals surface area (Å²) in [4.78, 5) is 23.8. The molecule has 10 heteroatoms. The number of rotatable bonds is 4. The van der Waals surface area contributed by atoms with E-state index >= 15 is 0 Å². The van der Waals surface area contributed by atoms with Crippen LogP contribution in [0.2, 0.25) is 0 Å². The van der Waals surface area contributed by atoms with Crippen LogP contribution in [0.3, 0.4) is 0 Å². The van der Waals surface area contributed by atoms with Crippen molar-refractivity contribution in [2.24, 2.45) is 0 Å². The maximum atomic E-state index is 12.8. The molecule has 7 nitrogen and oxygen atoms in total. The highest BCUT2D eigenvalue weighted by molar-refractivity contribution is 5.89. The van der Waals surface area contributed by atoms with Crippen molar-refractivity contribution < 1.29 is 18.0 Å². The second-order valence-corrected chi connectivity index (χ2v) is 6.17. The molecule has 3 heterocycles. The number of hydrogen-bond donors (Lipinski definition) is 1. The molecule has 0 atom stereocenters. The van der Waals surface area contributed by atoms with Crippen molar-refractivity contribution in [2.45, 2.75) is 39.8 Å². The Morgan fingerprint density at radius 3 is 2.63 bits per heavy atom. The van der Waals surface area contributed by atoms with Gasteiger partial charge in [-0.1, -0.05) is 0 Å². The first-order valence-corrected chi connectivity index (χ1v) is 8.17. The molecule has 0 saturated heterocycles. The number of carbonyl (C=O) groups excluding carboxylic acids is 1. The predicted octanol–water partition coefficient (Wildman–Crippen LogP) is 3.03. The molecule has 0 unspecified atom stereocenters. The fourth-order valence-electron chi connectivity index (χ4n) is 2.74. The number of fused-ring (bicyclic) bond motifs is 1. The van der Waals surface area contributed by atoms with Crippen molar-refractivity contribution in [2.75, 3.05) is 5.32 Å². The zero-order valence-corrected chi connectivity index (χ0v) is 14.9. The molecule has 3 aromatic heterocycles. The zero-order valence-electron chi connectivity index (χ0n) is 14.9. The molecule has 1 amide bonds. The van der Waals surface area contributed by atoms with Crippen LogP contribution in [0.15, 0.2) is 18.3 Å². The lowest BCUT2D eigenvalue weighted by atomic mass is 10.1. The van der Waals surface area contributed by atoms with Crippen molar-refractivity contribution >= 4 is 17.5 Å². The molecule has 0 aliphatic rings. The van der Waals surface area contributed by atoms with E-state index in [0.29, 0.717) is 29.2 Å². The number of nitrogens with zero attached hydrogens (tertiary/aromatic N) is 5. The van der Waals surface area contributed by atoms with Crippen molar-refractivity contribution in [3.8, 4) is 0 Å². The topological polar surface area (TPSA) is 85.1 Å². The molecular weight excluding hydrogens is 361 g/mol. The molecule has 0 fully saturated rings. The molecule has 0 spiro atoms. The van der Waals surface area contributed by atoms with Crippen LogP contribution in [-0.4, -0.2) is 30.5 Å². The van der Waals surface area contributed by atoms with E-state index in [0.717, 1.165) is 10.1 Å². The average molecular weight is 378 g/mol. The normalized spacial score (nSPS) is 11.8. The summed E-state index contributed by atoms with van der Waals surface area (Å²) in [5.41, 5.74) is 2.62. The number of aryl methyl sites for hydroxylation is 3. The summed E-state index contributed by atoms with van der Waals surface area (Å²) in [5, 5.41) is 6.20. The van der Waals surface area contributed by atoms with Gasteiger partial charge in [0.25, 0.3) is 11.6 Å². The first-order valence-electron chi connectivity index (χ1n) is 8.17. The predicted molar refractivity (Wildman–Crippen MR) is 91.2 cm³/mol. The van der Waals surface area contributed by atoms with Gasteiger partial charge in [-0.05, 0) is 50.5 Å². The van der Waals surface area contributed by atoms with Gasteiger partial charge in [0.2, 0.25) is 5.91 Å². The molecule has 0 aromatic carbocycles. The summed E-state index contributed by atoms with van der Waals surface area (Å²) in [7, 11) is 0. The monoisotopic (exact) mass is 378 g/mol. The van der Waals surface area contributed by atoms with E-state index in [1.165, 1.54) is 0 Å². The van der Waals surface area contributed by atoms with E-state index in [2.05, 4.69) is 25.4 Å². The molecule has 1 N–H and O–H groups in total. The molecule has 0 radical (unpaired) electrons. The number of anilines is 1. The number of carbonyl (C=O) groups is 1. The van der Waals surface area contributed by atoms with Gasteiger partial charge in [-0.25, -0.2) is 14.5 Å². The summed E-state index contributed by atoms with van der Waals surface area (Å²) in [5.74, 6) is -1.15. The summed E-state index contributed by atoms with van der Waals surface area (Å²) in [6.07, 6.45) is -2.61. The maximum Gasteiger partial charge on any atom is 0.453 e. The van der Waals surface area contributed by atoms with Crippen molar-refractivity contribution in [1.29, 1.82) is 0 Å². The number of aromatic nitrogens is 5. The lowest BCUT2D eigenvalue weighted by molar-refractivity contribution is -0.144. The highest BCUT2D eigenvalue weighted by Gasteiger charge is 2.36. The van der Waals surface area contributed by atoms with Gasteiger partial charge in [0.1, 0.15) is 5.82 Å². The summed E-state index contributed by atoms with van der Waals surface area (Å²) < 4.78 is 39.5. The first kappa shape index (κ1) is 18.7. The fourth-order valence-corrected chi connectivity index (χ4v) is 2.74. The van der Waals surface area contributed by atoms with E-state index in [1.807, 2.05) is 13.0 Å². The van der Waals surface area contributed by atoms with E-state index in [4.69, 9.17) is 0 Å². The zero-order chi connectivity index (χ0) is 19.8. The molecule has 3 rings (SSSR count). The van der Waals surface area contributed by atoms with Crippen LogP contribution in [0.1, 0.15) is 34.8 Å². The quantitative estimate of drug-likeness (QED) is 0.754. The smallest absolute Gasteiger partial charge is 0.311 e. The third-order valence-corrected chi connectivity index (χ3v) is 4.09. The molecule has 0 aliphatic carbocycles. The molecule has 3 aromatic rings. The van der Waals surface area contributed by atoms with Crippen LogP contribution in [0, 0.1) is 20.8 Å². The standard InChI is InChI=1S/C17H17F3N6O/c1-9-6-7-21-13(8-9)23-14(27)5-4-12-10(2)22-16-24-15(17(18,19)20)25-26(16)11(12)3/h6-8H,4-5H2,1-3H3,(H,21,23,27). The second-order valence-electron chi connectivity index (χ2n) is 6.17. The summed E-state index contributed by atoms with van der Waals surface area (Å²) >= 11 is 0. The van der Waals surface area contributed by atoms with Gasteiger partial charge in [-0.2, -0.15) is 18.2 Å². The Labute approximate surface area is 152 Å². The van der Waals surface area contributed by atoms with Gasteiger partial charge < -0.3 is 5.32 Å². The number of pyridine rings is 1. The molecule has 27 heavy (non-hydrogen) atoms. The SMILES string of the molecule is Cc1ccnc(NC(=O)CCc2c(C)nc3nc(C(F)(F)F)nn3c2C)c1. The van der Waals surface area contributed by atoms with Gasteiger partial charge in [-0.3, -0.25) is 4.79 Å². The van der Waals surface area contributed by atoms with Crippen LogP contribution in [0.4, 0.5) is 19.0 Å². The lowest BCUT2D eigenvalue weighted by Crippen LogP contribution is -2.15. The Hall–Kier alpha value is -3.04. The third-order valence-electron chi connectivity index (χ3n) is 4.09. The Balaban J connectivity index is 1.79. The van der Waals surface area contributed by atoms with Gasteiger partial charge in [0, 0.05) is 24.0 Å². The Kier molecular flexibility index (Phi) is 4.81. The van der Waals surface area contributed by atoms with Crippen LogP contribution in [0.5, 0.6) is 0 Å². The lowest BCUT2D eigenvalue weighted by Gasteiger charge is -2.10. The van der Waals surface area contributed by atoms with E-state index < -0.39 is 12.0 Å². The number of hydrogen-bond acceptors (Lipinski definition) is 5. The maximum absolute atomic E-state index is 12.8. The number of alkyl halides is 3. The Bertz CT molecular complexity index is 1010. The Morgan fingerprint density at radius 2 is 1.96 bits per heavy atom. The van der Waals surface area contributed by atoms with Crippen molar-refractivity contribution in [3.05, 3.63) is 46.7 Å². The summed E-state index contributed by atoms with van der Waals surface area (Å²) in [6.45, 7) is 5.19. The van der Waals surface area contributed by atoms with Gasteiger partial charge in [0.05, 0.1) is 0 Å². The van der Waals surface area contributed by atoms with Crippen molar-refractivity contribution in [1.82, 2.24) is 24.6 Å². The van der Waals surface area contributed by atoms with Gasteiger partial charge in [-0.15, -0.1) is 5.10 Å². The van der Waals surface area contributed by atoms with E-state index in [9.17, 15) is 18.0 Å². The molecule has 0 saturated carbocycles. The average Bonchev–Trinajstić information content (AvgIpc) is 2.99. The highest BCUT2D eigenvalue weighted by Crippen LogP contribution is 2.27. The van der Waals surface area contributed by atoms with Crippen LogP contribution < -0.4 is 5.32 Å². The fraction of sp³-hybridized carbons (Fsp3) is 0.353. The van der Waals surface area contributed by atoms with E-state index in [1.54, 1.807) is 26.1 Å². The minimum Gasteiger partial charge on any atom is -0.311 e. The summed E-state index contributed by atoms with van der Waals surface area (Å²) in [6, 6.07) is 3.56. The highest BCUT2D eigenvalue weighted by atomic mass is 19.4. The Morgan fingerprint density at radius 1 is 1.22 bits per heavy atom. The first-order chi connectivity index (χ1) is 12.6. The third kappa shape index (κ3) is 4.04. The van der Waals surface area contributed by atoms with Gasteiger partial charge in [0.15, 0.2) is 0 Å². The molecule has 142 valence electrons. The largest absolute Gasteiger partial charge is 0.453 e. The minimum atomic E-state index is -4.64. The number of nitrogens with one attached hydrogen (secondary N) is 1. The molecule has 0 bridgehead atoms. The van der Waals surface area contributed by atoms with Crippen LogP contribution >= 0.6 is 0 Å². The number of halogens is 3.